The predicted molar refractivity (Wildman–Crippen MR) is 85.4 cm³/mol. The highest BCUT2D eigenvalue weighted by Crippen LogP contribution is 2.41. The quantitative estimate of drug-likeness (QED) is 0.836. The first-order valence-electron chi connectivity index (χ1n) is 7.95. The van der Waals surface area contributed by atoms with Crippen molar-refractivity contribution in [2.45, 2.75) is 39.3 Å². The van der Waals surface area contributed by atoms with Crippen LogP contribution in [-0.4, -0.2) is 18.5 Å². The Morgan fingerprint density at radius 1 is 1.32 bits per heavy atom. The molecule has 25 heavy (non-hydrogen) atoms. The van der Waals surface area contributed by atoms with Gasteiger partial charge in [0.15, 0.2) is 0 Å². The zero-order chi connectivity index (χ0) is 18.8. The zero-order valence-corrected chi connectivity index (χ0v) is 14.2. The number of carbonyl (C=O) groups is 2. The minimum Gasteiger partial charge on any atom is -0.462 e. The second kappa shape index (κ2) is 7.29. The maximum Gasteiger partial charge on any atom is 0.416 e. The Kier molecular flexibility index (Phi) is 5.55. The van der Waals surface area contributed by atoms with Crippen molar-refractivity contribution in [2.75, 3.05) is 6.61 Å². The molecule has 0 radical (unpaired) electrons. The standard InChI is InChI=1S/C18H20F3NO3/c1-10(2)9-25-17(24)16-11(3)22-15(23)8-13(16)12-6-4-5-7-14(12)18(19,20)21/h4-7,10,13H,8-9H2,1-3H3,(H,22,23)/t13-/m0/s1. The summed E-state index contributed by atoms with van der Waals surface area (Å²) in [5.41, 5.74) is -0.652. The Balaban J connectivity index is 2.49. The Labute approximate surface area is 144 Å². The molecule has 0 saturated heterocycles. The minimum atomic E-state index is -4.58. The van der Waals surface area contributed by atoms with Crippen LogP contribution in [0, 0.1) is 5.92 Å². The molecular weight excluding hydrogens is 335 g/mol. The molecule has 1 aromatic rings. The molecule has 0 spiro atoms. The molecule has 136 valence electrons. The molecule has 0 aliphatic carbocycles. The lowest BCUT2D eigenvalue weighted by Gasteiger charge is -2.28. The first kappa shape index (κ1) is 19.0. The summed E-state index contributed by atoms with van der Waals surface area (Å²) in [7, 11) is 0. The molecule has 7 heteroatoms. The number of nitrogens with one attached hydrogen (secondary N) is 1. The molecule has 1 amide bonds. The van der Waals surface area contributed by atoms with Crippen molar-refractivity contribution in [3.05, 3.63) is 46.7 Å². The fourth-order valence-corrected chi connectivity index (χ4v) is 2.82. The third-order valence-corrected chi connectivity index (χ3v) is 3.88. The number of alkyl halides is 3. The predicted octanol–water partition coefficient (Wildman–Crippen LogP) is 3.78. The van der Waals surface area contributed by atoms with Gasteiger partial charge in [0.25, 0.3) is 0 Å². The van der Waals surface area contributed by atoms with Crippen molar-refractivity contribution in [3.63, 3.8) is 0 Å². The summed E-state index contributed by atoms with van der Waals surface area (Å²) in [6.45, 7) is 5.35. The minimum absolute atomic E-state index is 0.0666. The van der Waals surface area contributed by atoms with E-state index in [1.54, 1.807) is 0 Å². The summed E-state index contributed by atoms with van der Waals surface area (Å²) in [6, 6.07) is 5.00. The van der Waals surface area contributed by atoms with Gasteiger partial charge >= 0.3 is 12.1 Å². The highest BCUT2D eigenvalue weighted by Gasteiger charge is 2.40. The lowest BCUT2D eigenvalue weighted by atomic mass is 9.82. The molecule has 2 rings (SSSR count). The molecule has 0 bridgehead atoms. The molecular formula is C18H20F3NO3. The molecule has 1 aromatic carbocycles. The molecule has 1 heterocycles. The molecule has 4 nitrogen and oxygen atoms in total. The van der Waals surface area contributed by atoms with Crippen LogP contribution in [0.2, 0.25) is 0 Å². The summed E-state index contributed by atoms with van der Waals surface area (Å²) in [4.78, 5) is 24.3. The first-order chi connectivity index (χ1) is 11.6. The SMILES string of the molecule is CC1=C(C(=O)OCC(C)C)[C@H](c2ccccc2C(F)(F)F)CC(=O)N1. The summed E-state index contributed by atoms with van der Waals surface area (Å²) in [5.74, 6) is -2.04. The zero-order valence-electron chi connectivity index (χ0n) is 14.2. The number of benzene rings is 1. The van der Waals surface area contributed by atoms with Gasteiger partial charge in [-0.25, -0.2) is 4.79 Å². The molecule has 0 fully saturated rings. The van der Waals surface area contributed by atoms with Gasteiger partial charge in [-0.15, -0.1) is 0 Å². The molecule has 1 aliphatic heterocycles. The number of rotatable bonds is 4. The summed E-state index contributed by atoms with van der Waals surface area (Å²) in [5, 5.41) is 2.51. The Bertz CT molecular complexity index is 708. The fourth-order valence-electron chi connectivity index (χ4n) is 2.82. The largest absolute Gasteiger partial charge is 0.462 e. The van der Waals surface area contributed by atoms with Crippen molar-refractivity contribution >= 4 is 11.9 Å². The van der Waals surface area contributed by atoms with E-state index in [9.17, 15) is 22.8 Å². The first-order valence-corrected chi connectivity index (χ1v) is 7.95. The van der Waals surface area contributed by atoms with Crippen molar-refractivity contribution in [3.8, 4) is 0 Å². The van der Waals surface area contributed by atoms with Crippen molar-refractivity contribution < 1.29 is 27.5 Å². The van der Waals surface area contributed by atoms with Gasteiger partial charge in [-0.1, -0.05) is 32.0 Å². The van der Waals surface area contributed by atoms with E-state index < -0.39 is 29.5 Å². The van der Waals surface area contributed by atoms with Crippen LogP contribution in [0.1, 0.15) is 44.2 Å². The molecule has 1 atom stereocenters. The second-order valence-electron chi connectivity index (χ2n) is 6.42. The topological polar surface area (TPSA) is 55.4 Å². The number of carbonyl (C=O) groups excluding carboxylic acids is 2. The van der Waals surface area contributed by atoms with Crippen molar-refractivity contribution in [2.24, 2.45) is 5.92 Å². The van der Waals surface area contributed by atoms with Gasteiger partial charge in [0.1, 0.15) is 0 Å². The van der Waals surface area contributed by atoms with Crippen LogP contribution in [0.15, 0.2) is 35.5 Å². The van der Waals surface area contributed by atoms with E-state index in [0.717, 1.165) is 6.07 Å². The fraction of sp³-hybridized carbons (Fsp3) is 0.444. The number of allylic oxidation sites excluding steroid dienone is 1. The normalized spacial score (nSPS) is 18.4. The molecule has 1 N–H and O–H groups in total. The lowest BCUT2D eigenvalue weighted by molar-refractivity contribution is -0.142. The van der Waals surface area contributed by atoms with Crippen LogP contribution in [-0.2, 0) is 20.5 Å². The van der Waals surface area contributed by atoms with Gasteiger partial charge in [0, 0.05) is 18.0 Å². The van der Waals surface area contributed by atoms with Crippen LogP contribution in [0.25, 0.3) is 0 Å². The maximum absolute atomic E-state index is 13.3. The van der Waals surface area contributed by atoms with Crippen LogP contribution < -0.4 is 5.32 Å². The Hall–Kier alpha value is -2.31. The van der Waals surface area contributed by atoms with Gasteiger partial charge in [0.2, 0.25) is 5.91 Å². The highest BCUT2D eigenvalue weighted by atomic mass is 19.4. The average Bonchev–Trinajstić information content (AvgIpc) is 2.51. The van der Waals surface area contributed by atoms with Gasteiger partial charge in [-0.3, -0.25) is 4.79 Å². The number of halogens is 3. The van der Waals surface area contributed by atoms with Gasteiger partial charge in [-0.05, 0) is 24.5 Å². The van der Waals surface area contributed by atoms with E-state index in [0.29, 0.717) is 0 Å². The van der Waals surface area contributed by atoms with Crippen LogP contribution >= 0.6 is 0 Å². The number of hydrogen-bond acceptors (Lipinski definition) is 3. The second-order valence-corrected chi connectivity index (χ2v) is 6.42. The third kappa shape index (κ3) is 4.41. The number of hydrogen-bond donors (Lipinski definition) is 1. The van der Waals surface area contributed by atoms with Crippen LogP contribution in [0.3, 0.4) is 0 Å². The van der Waals surface area contributed by atoms with Gasteiger partial charge in [0.05, 0.1) is 17.7 Å². The van der Waals surface area contributed by atoms with Gasteiger partial charge < -0.3 is 10.1 Å². The maximum atomic E-state index is 13.3. The summed E-state index contributed by atoms with van der Waals surface area (Å²) >= 11 is 0. The van der Waals surface area contributed by atoms with Gasteiger partial charge in [-0.2, -0.15) is 13.2 Å². The van der Waals surface area contributed by atoms with Crippen LogP contribution in [0.5, 0.6) is 0 Å². The number of ether oxygens (including phenoxy) is 1. The molecule has 0 saturated carbocycles. The summed E-state index contributed by atoms with van der Waals surface area (Å²) in [6.07, 6.45) is -4.82. The number of amides is 1. The highest BCUT2D eigenvalue weighted by molar-refractivity contribution is 5.95. The number of esters is 1. The van der Waals surface area contributed by atoms with E-state index in [1.165, 1.54) is 25.1 Å². The van der Waals surface area contributed by atoms with Crippen molar-refractivity contribution in [1.29, 1.82) is 0 Å². The Morgan fingerprint density at radius 2 is 1.96 bits per heavy atom. The van der Waals surface area contributed by atoms with E-state index in [1.807, 2.05) is 13.8 Å². The average molecular weight is 355 g/mol. The van der Waals surface area contributed by atoms with Crippen molar-refractivity contribution in [1.82, 2.24) is 5.32 Å². The third-order valence-electron chi connectivity index (χ3n) is 3.88. The molecule has 0 aromatic heterocycles. The van der Waals surface area contributed by atoms with E-state index in [-0.39, 0.29) is 35.8 Å². The van der Waals surface area contributed by atoms with E-state index in [2.05, 4.69) is 5.32 Å². The Morgan fingerprint density at radius 3 is 2.56 bits per heavy atom. The molecule has 1 aliphatic rings. The summed E-state index contributed by atoms with van der Waals surface area (Å²) < 4.78 is 45.2. The molecule has 0 unspecified atom stereocenters. The lowest BCUT2D eigenvalue weighted by Crippen LogP contribution is -2.35. The van der Waals surface area contributed by atoms with Crippen LogP contribution in [0.4, 0.5) is 13.2 Å². The van der Waals surface area contributed by atoms with E-state index in [4.69, 9.17) is 4.74 Å². The smallest absolute Gasteiger partial charge is 0.416 e. The monoisotopic (exact) mass is 355 g/mol. The van der Waals surface area contributed by atoms with E-state index >= 15 is 0 Å².